The summed E-state index contributed by atoms with van der Waals surface area (Å²) in [5.74, 6) is -0.348. The first-order valence-corrected chi connectivity index (χ1v) is 10.8. The van der Waals surface area contributed by atoms with Gasteiger partial charge in [-0.2, -0.15) is 0 Å². The van der Waals surface area contributed by atoms with Gasteiger partial charge in [-0.15, -0.1) is 0 Å². The van der Waals surface area contributed by atoms with Gasteiger partial charge in [0.15, 0.2) is 10.9 Å². The lowest BCUT2D eigenvalue weighted by Crippen LogP contribution is -2.47. The third kappa shape index (κ3) is 3.32. The largest absolute Gasteiger partial charge is 0.348 e. The van der Waals surface area contributed by atoms with Crippen molar-refractivity contribution < 1.29 is 14.3 Å². The van der Waals surface area contributed by atoms with Crippen molar-refractivity contribution in [3.8, 4) is 0 Å². The van der Waals surface area contributed by atoms with E-state index in [9.17, 15) is 4.79 Å². The summed E-state index contributed by atoms with van der Waals surface area (Å²) in [6.07, 6.45) is 5.29. The molecule has 0 saturated carbocycles. The second kappa shape index (κ2) is 7.04. The molecule has 144 valence electrons. The van der Waals surface area contributed by atoms with Crippen LogP contribution < -0.4 is 4.90 Å². The summed E-state index contributed by atoms with van der Waals surface area (Å²) in [6.45, 7) is 4.86. The van der Waals surface area contributed by atoms with E-state index in [-0.39, 0.29) is 5.91 Å². The molecule has 0 unspecified atom stereocenters. The average Bonchev–Trinajstić information content (AvgIpc) is 3.35. The smallest absolute Gasteiger partial charge is 0.253 e. The van der Waals surface area contributed by atoms with E-state index in [4.69, 9.17) is 14.5 Å². The molecule has 7 heteroatoms. The van der Waals surface area contributed by atoms with E-state index < -0.39 is 5.79 Å². The zero-order chi connectivity index (χ0) is 18.3. The number of aromatic nitrogens is 1. The average molecular weight is 388 g/mol. The maximum atomic E-state index is 13.0. The van der Waals surface area contributed by atoms with Crippen LogP contribution in [0.2, 0.25) is 0 Å². The Morgan fingerprint density at radius 2 is 1.78 bits per heavy atom. The van der Waals surface area contributed by atoms with E-state index in [1.807, 2.05) is 23.1 Å². The molecular formula is C20H25N3O3S. The highest BCUT2D eigenvalue weighted by atomic mass is 32.1. The number of fused-ring (bicyclic) bond motifs is 1. The molecule has 0 aliphatic carbocycles. The standard InChI is InChI=1S/C20H25N3O3S/c24-18(22-10-6-20(7-11-22)25-12-13-26-20)15-4-5-16-17(14-15)27-19(21-16)23-8-2-1-3-9-23/h4-5,14H,1-3,6-13H2. The van der Waals surface area contributed by atoms with E-state index in [0.29, 0.717) is 26.3 Å². The Kier molecular flexibility index (Phi) is 4.53. The number of piperidine rings is 2. The number of carbonyl (C=O) groups is 1. The summed E-state index contributed by atoms with van der Waals surface area (Å²) in [4.78, 5) is 22.1. The first-order chi connectivity index (χ1) is 13.2. The van der Waals surface area contributed by atoms with Crippen LogP contribution in [0.5, 0.6) is 0 Å². The third-order valence-corrected chi connectivity index (χ3v) is 6.96. The van der Waals surface area contributed by atoms with Crippen LogP contribution in [0.15, 0.2) is 18.2 Å². The summed E-state index contributed by atoms with van der Waals surface area (Å²) in [5.41, 5.74) is 1.74. The number of thiazole rings is 1. The fraction of sp³-hybridized carbons (Fsp3) is 0.600. The minimum atomic E-state index is -0.443. The number of amides is 1. The van der Waals surface area contributed by atoms with E-state index in [1.165, 1.54) is 19.3 Å². The van der Waals surface area contributed by atoms with Crippen molar-refractivity contribution in [2.45, 2.75) is 37.9 Å². The molecule has 2 aromatic rings. The third-order valence-electron chi connectivity index (χ3n) is 5.88. The van der Waals surface area contributed by atoms with Gasteiger partial charge in [-0.3, -0.25) is 4.79 Å². The Morgan fingerprint density at radius 1 is 1.04 bits per heavy atom. The Morgan fingerprint density at radius 3 is 2.52 bits per heavy atom. The molecule has 1 aromatic heterocycles. The van der Waals surface area contributed by atoms with Gasteiger partial charge in [0.25, 0.3) is 5.91 Å². The first-order valence-electron chi connectivity index (χ1n) is 9.95. The zero-order valence-electron chi connectivity index (χ0n) is 15.5. The van der Waals surface area contributed by atoms with Gasteiger partial charge in [-0.25, -0.2) is 4.98 Å². The first kappa shape index (κ1) is 17.4. The number of anilines is 1. The normalized spacial score (nSPS) is 22.7. The highest BCUT2D eigenvalue weighted by Gasteiger charge is 2.40. The fourth-order valence-corrected chi connectivity index (χ4v) is 5.34. The van der Waals surface area contributed by atoms with Crippen molar-refractivity contribution >= 4 is 32.6 Å². The molecule has 0 N–H and O–H groups in total. The van der Waals surface area contributed by atoms with Crippen LogP contribution in [-0.2, 0) is 9.47 Å². The number of benzene rings is 1. The van der Waals surface area contributed by atoms with E-state index >= 15 is 0 Å². The Labute approximate surface area is 163 Å². The molecule has 0 bridgehead atoms. The van der Waals surface area contributed by atoms with Gasteiger partial charge < -0.3 is 19.3 Å². The van der Waals surface area contributed by atoms with Crippen LogP contribution in [-0.4, -0.2) is 61.0 Å². The maximum Gasteiger partial charge on any atom is 0.253 e. The Hall–Kier alpha value is -1.70. The van der Waals surface area contributed by atoms with Crippen molar-refractivity contribution in [2.75, 3.05) is 44.3 Å². The highest BCUT2D eigenvalue weighted by Crippen LogP contribution is 2.33. The van der Waals surface area contributed by atoms with Crippen molar-refractivity contribution in [2.24, 2.45) is 0 Å². The van der Waals surface area contributed by atoms with Crippen LogP contribution in [0.4, 0.5) is 5.13 Å². The lowest BCUT2D eigenvalue weighted by molar-refractivity contribution is -0.181. The van der Waals surface area contributed by atoms with Crippen molar-refractivity contribution in [1.29, 1.82) is 0 Å². The molecule has 3 aliphatic heterocycles. The molecule has 5 rings (SSSR count). The monoisotopic (exact) mass is 387 g/mol. The molecule has 3 fully saturated rings. The minimum Gasteiger partial charge on any atom is -0.348 e. The maximum absolute atomic E-state index is 13.0. The summed E-state index contributed by atoms with van der Waals surface area (Å²) in [7, 11) is 0. The SMILES string of the molecule is O=C(c1ccc2nc(N3CCCCC3)sc2c1)N1CCC2(CC1)OCCO2. The molecule has 3 saturated heterocycles. The lowest BCUT2D eigenvalue weighted by atomic mass is 10.0. The van der Waals surface area contributed by atoms with Gasteiger partial charge in [0, 0.05) is 44.6 Å². The predicted octanol–water partition coefficient (Wildman–Crippen LogP) is 3.27. The molecule has 3 aliphatic rings. The molecule has 1 aromatic carbocycles. The second-order valence-electron chi connectivity index (χ2n) is 7.63. The quantitative estimate of drug-likeness (QED) is 0.792. The topological polar surface area (TPSA) is 54.9 Å². The van der Waals surface area contributed by atoms with Gasteiger partial charge in [-0.05, 0) is 37.5 Å². The van der Waals surface area contributed by atoms with Crippen LogP contribution >= 0.6 is 11.3 Å². The number of ether oxygens (including phenoxy) is 2. The molecule has 1 spiro atoms. The van der Waals surface area contributed by atoms with Gasteiger partial charge in [-0.1, -0.05) is 11.3 Å². The number of hydrogen-bond acceptors (Lipinski definition) is 6. The van der Waals surface area contributed by atoms with Crippen molar-refractivity contribution in [3.05, 3.63) is 23.8 Å². The molecule has 6 nitrogen and oxygen atoms in total. The van der Waals surface area contributed by atoms with E-state index in [2.05, 4.69) is 4.90 Å². The summed E-state index contributed by atoms with van der Waals surface area (Å²) in [6, 6.07) is 5.91. The number of rotatable bonds is 2. The molecule has 0 radical (unpaired) electrons. The minimum absolute atomic E-state index is 0.0951. The van der Waals surface area contributed by atoms with Gasteiger partial charge in [0.05, 0.1) is 23.4 Å². The molecular weight excluding hydrogens is 362 g/mol. The molecule has 27 heavy (non-hydrogen) atoms. The van der Waals surface area contributed by atoms with Gasteiger partial charge in [0.2, 0.25) is 0 Å². The molecule has 0 atom stereocenters. The summed E-state index contributed by atoms with van der Waals surface area (Å²) >= 11 is 1.70. The van der Waals surface area contributed by atoms with Crippen LogP contribution in [0, 0.1) is 0 Å². The van der Waals surface area contributed by atoms with Crippen LogP contribution in [0.1, 0.15) is 42.5 Å². The summed E-state index contributed by atoms with van der Waals surface area (Å²) in [5, 5.41) is 1.09. The molecule has 4 heterocycles. The zero-order valence-corrected chi connectivity index (χ0v) is 16.3. The highest BCUT2D eigenvalue weighted by molar-refractivity contribution is 7.22. The van der Waals surface area contributed by atoms with Crippen LogP contribution in [0.3, 0.4) is 0 Å². The Balaban J connectivity index is 1.31. The van der Waals surface area contributed by atoms with Crippen molar-refractivity contribution in [3.63, 3.8) is 0 Å². The predicted molar refractivity (Wildman–Crippen MR) is 105 cm³/mol. The van der Waals surface area contributed by atoms with E-state index in [1.54, 1.807) is 11.3 Å². The number of likely N-dealkylation sites (tertiary alicyclic amines) is 1. The van der Waals surface area contributed by atoms with Gasteiger partial charge in [0.1, 0.15) is 0 Å². The van der Waals surface area contributed by atoms with E-state index in [0.717, 1.165) is 46.8 Å². The lowest BCUT2D eigenvalue weighted by Gasteiger charge is -2.37. The van der Waals surface area contributed by atoms with Crippen LogP contribution in [0.25, 0.3) is 10.2 Å². The fourth-order valence-electron chi connectivity index (χ4n) is 4.28. The van der Waals surface area contributed by atoms with Crippen molar-refractivity contribution in [1.82, 2.24) is 9.88 Å². The molecule has 1 amide bonds. The summed E-state index contributed by atoms with van der Waals surface area (Å²) < 4.78 is 12.6. The number of carbonyl (C=O) groups excluding carboxylic acids is 1. The van der Waals surface area contributed by atoms with Gasteiger partial charge >= 0.3 is 0 Å². The Bertz CT molecular complexity index is 830. The second-order valence-corrected chi connectivity index (χ2v) is 8.64. The number of hydrogen-bond donors (Lipinski definition) is 0. The number of nitrogens with zero attached hydrogens (tertiary/aromatic N) is 3.